The zero-order valence-electron chi connectivity index (χ0n) is 36.3. The molecule has 0 atom stereocenters. The monoisotopic (exact) mass is 1250 g/mol. The molecular formula is C41H36F18N4O9Y2-2. The molecule has 0 fully saturated rings. The zero-order valence-corrected chi connectivity index (χ0v) is 42.0. The van der Waals surface area contributed by atoms with E-state index >= 15 is 0 Å². The van der Waals surface area contributed by atoms with Crippen LogP contribution < -0.4 is 20.1 Å². The minimum Gasteiger partial charge on any atom is -0.497 e. The number of aryl methyl sites for hydroxylation is 2. The van der Waals surface area contributed by atoms with Crippen molar-refractivity contribution in [2.75, 3.05) is 17.7 Å². The van der Waals surface area contributed by atoms with Crippen LogP contribution in [0.1, 0.15) is 68.9 Å². The third-order valence-electron chi connectivity index (χ3n) is 9.20. The minimum absolute atomic E-state index is 0. The maximum Gasteiger partial charge on any atom is 0.424 e. The van der Waals surface area contributed by atoms with Crippen LogP contribution in [0.25, 0.3) is 0 Å². The predicted octanol–water partition coefficient (Wildman–Crippen LogP) is 13.2. The molecule has 4 aromatic carbocycles. The van der Waals surface area contributed by atoms with E-state index in [0.717, 1.165) is 19.2 Å². The van der Waals surface area contributed by atoms with Crippen molar-refractivity contribution in [2.45, 2.75) is 91.8 Å². The standard InChI is InChI=1S/2C19H12F9N2O4.CH4O.2CH4.2Y/c2*1-8-3-5-11(9(2)14(8)30(32)33)15(31)29-12-6-4-10(7-13(12)34-16(20)21)17(22,18(23,24)25)19(26,27)28;1-2;;;;/h2*3-5,7,16H,1-2H3,(H,29,31);2H,1H3;2*1H4;;/q2*-1;;;;;. The summed E-state index contributed by atoms with van der Waals surface area (Å²) in [7, 11) is 1.00. The topological polar surface area (TPSA) is 183 Å². The molecule has 0 unspecified atom stereocenters. The maximum absolute atomic E-state index is 14.3. The summed E-state index contributed by atoms with van der Waals surface area (Å²) in [4.78, 5) is 45.8. The molecule has 0 aliphatic carbocycles. The zero-order chi connectivity index (χ0) is 54.4. The van der Waals surface area contributed by atoms with Crippen LogP contribution in [-0.2, 0) is 76.8 Å². The van der Waals surface area contributed by atoms with Gasteiger partial charge in [-0.05, 0) is 51.2 Å². The number of carbonyl (C=O) groups is 2. The minimum atomic E-state index is -6.54. The molecule has 33 heteroatoms. The average Bonchev–Trinajstić information content (AvgIpc) is 3.20. The third kappa shape index (κ3) is 16.1. The van der Waals surface area contributed by atoms with Crippen molar-refractivity contribution < 1.29 is 178 Å². The summed E-state index contributed by atoms with van der Waals surface area (Å²) in [5, 5.41) is 33.1. The van der Waals surface area contributed by atoms with Gasteiger partial charge in [0.1, 0.15) is 0 Å². The van der Waals surface area contributed by atoms with Crippen LogP contribution in [0.3, 0.4) is 0 Å². The number of hydrogen-bond donors (Lipinski definition) is 3. The number of rotatable bonds is 12. The Balaban J connectivity index is -0.00000125. The van der Waals surface area contributed by atoms with Gasteiger partial charge in [-0.1, -0.05) is 38.1 Å². The molecule has 0 saturated heterocycles. The summed E-state index contributed by atoms with van der Waals surface area (Å²) in [6, 6.07) is 7.01. The summed E-state index contributed by atoms with van der Waals surface area (Å²) in [5.74, 6) is -5.37. The molecule has 2 amide bonds. The fraction of sp³-hybridized carbons (Fsp3) is 0.366. The van der Waals surface area contributed by atoms with E-state index in [1.165, 1.54) is 39.8 Å². The number of aliphatic hydroxyl groups excluding tert-OH is 1. The number of amides is 2. The number of anilines is 2. The van der Waals surface area contributed by atoms with Crippen molar-refractivity contribution >= 4 is 34.6 Å². The molecule has 74 heavy (non-hydrogen) atoms. The molecule has 2 radical (unpaired) electrons. The Morgan fingerprint density at radius 1 is 0.554 bits per heavy atom. The van der Waals surface area contributed by atoms with E-state index in [1.54, 1.807) is 12.1 Å². The van der Waals surface area contributed by atoms with Crippen molar-refractivity contribution in [1.82, 2.24) is 0 Å². The Labute approximate surface area is 456 Å². The Bertz CT molecular complexity index is 2390. The fourth-order valence-corrected chi connectivity index (χ4v) is 5.99. The van der Waals surface area contributed by atoms with Gasteiger partial charge in [-0.3, -0.25) is 29.8 Å². The number of halogens is 18. The first-order valence-corrected chi connectivity index (χ1v) is 18.1. The summed E-state index contributed by atoms with van der Waals surface area (Å²) >= 11 is 0. The van der Waals surface area contributed by atoms with Gasteiger partial charge in [0.05, 0.1) is 9.85 Å². The number of nitro benzene ring substituents is 2. The van der Waals surface area contributed by atoms with Crippen LogP contribution in [0.2, 0.25) is 0 Å². The summed E-state index contributed by atoms with van der Waals surface area (Å²) < 4.78 is 243. The van der Waals surface area contributed by atoms with Gasteiger partial charge in [0.25, 0.3) is 34.5 Å². The van der Waals surface area contributed by atoms with Gasteiger partial charge < -0.3 is 25.2 Å². The first-order valence-electron chi connectivity index (χ1n) is 18.1. The fourth-order valence-electron chi connectivity index (χ4n) is 5.99. The van der Waals surface area contributed by atoms with Gasteiger partial charge in [-0.15, -0.1) is 12.1 Å². The number of nitrogens with zero attached hydrogens (tertiary/aromatic N) is 2. The van der Waals surface area contributed by atoms with Gasteiger partial charge in [-0.25, -0.2) is 8.78 Å². The quantitative estimate of drug-likeness (QED) is 0.0538. The largest absolute Gasteiger partial charge is 0.497 e. The number of benzene rings is 4. The van der Waals surface area contributed by atoms with E-state index in [0.29, 0.717) is 0 Å². The second-order valence-electron chi connectivity index (χ2n) is 13.5. The van der Waals surface area contributed by atoms with Crippen LogP contribution in [0, 0.1) is 60.1 Å². The smallest absolute Gasteiger partial charge is 0.424 e. The number of hydrogen-bond acceptors (Lipinski definition) is 9. The number of aliphatic hydroxyl groups is 1. The molecule has 4 rings (SSSR count). The van der Waals surface area contributed by atoms with Gasteiger partial charge in [0, 0.05) is 117 Å². The molecular weight excluding hydrogens is 1210 g/mol. The van der Waals surface area contributed by atoms with Crippen LogP contribution in [0.15, 0.2) is 48.5 Å². The van der Waals surface area contributed by atoms with Crippen molar-refractivity contribution in [1.29, 1.82) is 0 Å². The molecule has 0 bridgehead atoms. The van der Waals surface area contributed by atoms with E-state index in [-0.39, 0.29) is 138 Å². The van der Waals surface area contributed by atoms with Crippen LogP contribution >= 0.6 is 0 Å². The molecule has 0 saturated carbocycles. The summed E-state index contributed by atoms with van der Waals surface area (Å²) in [6.07, 6.45) is -26.2. The Hall–Kier alpha value is -4.87. The summed E-state index contributed by atoms with van der Waals surface area (Å²) in [5.41, 5.74) is -19.9. The molecule has 0 aliphatic rings. The first kappa shape index (κ1) is 73.4. The van der Waals surface area contributed by atoms with E-state index in [2.05, 4.69) is 9.47 Å². The molecule has 0 aromatic heterocycles. The van der Waals surface area contributed by atoms with Gasteiger partial charge in [0.2, 0.25) is 0 Å². The van der Waals surface area contributed by atoms with Gasteiger partial charge >= 0.3 is 37.9 Å². The number of carbonyl (C=O) groups excluding carboxylic acids is 2. The maximum atomic E-state index is 14.3. The molecule has 0 heterocycles. The molecule has 3 N–H and O–H groups in total. The molecule has 0 spiro atoms. The van der Waals surface area contributed by atoms with Crippen LogP contribution in [0.4, 0.5) is 102 Å². The van der Waals surface area contributed by atoms with Crippen molar-refractivity contribution in [3.8, 4) is 11.5 Å². The number of nitrogens with one attached hydrogen (secondary N) is 2. The number of ether oxygens (including phenoxy) is 2. The van der Waals surface area contributed by atoms with Crippen molar-refractivity contribution in [3.63, 3.8) is 0 Å². The van der Waals surface area contributed by atoms with Crippen LogP contribution in [0.5, 0.6) is 11.5 Å². The third-order valence-corrected chi connectivity index (χ3v) is 9.20. The number of nitro groups is 2. The Kier molecular flexibility index (Phi) is 27.5. The summed E-state index contributed by atoms with van der Waals surface area (Å²) in [6.45, 7) is -2.53. The SMILES string of the molecule is C.C.CO.Cc1ccc(C(=O)Nc2[c-]cc(C(F)(C(F)(F)F)C(F)(F)F)cc2OC(F)F)c(C)c1[N+](=O)[O-].Cc1ccc(C(=O)Nc2[c-]cc(C(F)(C(F)(F)F)C(F)(F)F)cc2OC(F)F)c(C)c1[N+](=O)[O-].[Y].[Y]. The Morgan fingerprint density at radius 3 is 1.03 bits per heavy atom. The number of alkyl halides is 18. The predicted molar refractivity (Wildman–Crippen MR) is 216 cm³/mol. The van der Waals surface area contributed by atoms with Gasteiger partial charge in [-0.2, -0.15) is 94.5 Å². The second-order valence-corrected chi connectivity index (χ2v) is 13.5. The van der Waals surface area contributed by atoms with Gasteiger partial charge in [0.15, 0.2) is 0 Å². The second kappa shape index (κ2) is 27.8. The normalized spacial score (nSPS) is 11.6. The van der Waals surface area contributed by atoms with E-state index in [4.69, 9.17) is 5.11 Å². The average molecular weight is 1250 g/mol. The molecule has 4 aromatic rings. The van der Waals surface area contributed by atoms with E-state index in [9.17, 15) is 109 Å². The molecule has 0 aliphatic heterocycles. The first-order chi connectivity index (χ1) is 31.8. The van der Waals surface area contributed by atoms with Crippen molar-refractivity contribution in [3.05, 3.63) is 125 Å². The molecule has 13 nitrogen and oxygen atoms in total. The Morgan fingerprint density at radius 2 is 0.811 bits per heavy atom. The van der Waals surface area contributed by atoms with Crippen molar-refractivity contribution in [2.24, 2.45) is 0 Å². The van der Waals surface area contributed by atoms with E-state index in [1.807, 2.05) is 10.6 Å². The van der Waals surface area contributed by atoms with Crippen LogP contribution in [-0.4, -0.2) is 71.8 Å². The molecule has 408 valence electrons. The van der Waals surface area contributed by atoms with E-state index < -0.39 is 116 Å².